The first-order chi connectivity index (χ1) is 17.0. The van der Waals surface area contributed by atoms with Crippen molar-refractivity contribution in [1.29, 1.82) is 0 Å². The summed E-state index contributed by atoms with van der Waals surface area (Å²) in [6, 6.07) is 31.6. The van der Waals surface area contributed by atoms with E-state index in [-0.39, 0.29) is 11.9 Å². The molecule has 0 aliphatic heterocycles. The summed E-state index contributed by atoms with van der Waals surface area (Å²) in [7, 11) is 0. The lowest BCUT2D eigenvalue weighted by molar-refractivity contribution is -0.132. The maximum Gasteiger partial charge on any atom is 0.308 e. The van der Waals surface area contributed by atoms with Crippen LogP contribution in [0.15, 0.2) is 97.1 Å². The van der Waals surface area contributed by atoms with E-state index in [1.807, 2.05) is 97.1 Å². The Morgan fingerprint density at radius 3 is 1.34 bits per heavy atom. The molecule has 0 amide bonds. The van der Waals surface area contributed by atoms with Crippen LogP contribution in [0.25, 0.3) is 22.3 Å². The number of carbonyl (C=O) groups is 2. The number of rotatable bonds is 8. The summed E-state index contributed by atoms with van der Waals surface area (Å²) in [4.78, 5) is 23.8. The van der Waals surface area contributed by atoms with E-state index in [0.29, 0.717) is 23.0 Å². The lowest BCUT2D eigenvalue weighted by atomic mass is 10.0. The molecule has 0 bridgehead atoms. The lowest BCUT2D eigenvalue weighted by Gasteiger charge is -2.16. The average molecular weight is 483 g/mol. The number of benzene rings is 4. The number of thioether (sulfide) groups is 1. The molecular formula is C30H26O4S. The Morgan fingerprint density at radius 2 is 0.971 bits per heavy atom. The molecule has 4 nitrogen and oxygen atoms in total. The first-order valence-electron chi connectivity index (χ1n) is 11.3. The third kappa shape index (κ3) is 6.19. The monoisotopic (exact) mass is 482 g/mol. The summed E-state index contributed by atoms with van der Waals surface area (Å²) in [6.07, 6.45) is 0. The van der Waals surface area contributed by atoms with E-state index < -0.39 is 0 Å². The molecule has 0 atom stereocenters. The van der Waals surface area contributed by atoms with Crippen molar-refractivity contribution in [2.45, 2.75) is 25.4 Å². The minimum absolute atomic E-state index is 0.354. The average Bonchev–Trinajstić information content (AvgIpc) is 2.86. The minimum atomic E-state index is -0.354. The first-order valence-corrected chi connectivity index (χ1v) is 12.5. The fraction of sp³-hybridized carbons (Fsp3) is 0.133. The number of para-hydroxylation sites is 2. The van der Waals surface area contributed by atoms with Gasteiger partial charge < -0.3 is 9.47 Å². The van der Waals surface area contributed by atoms with Gasteiger partial charge in [-0.15, -0.1) is 0 Å². The normalized spacial score (nSPS) is 10.6. The summed E-state index contributed by atoms with van der Waals surface area (Å²) < 4.78 is 11.3. The van der Waals surface area contributed by atoms with E-state index in [9.17, 15) is 9.59 Å². The zero-order valence-electron chi connectivity index (χ0n) is 19.7. The van der Waals surface area contributed by atoms with Gasteiger partial charge in [-0.05, 0) is 11.1 Å². The Morgan fingerprint density at radius 1 is 0.571 bits per heavy atom. The molecule has 4 rings (SSSR count). The van der Waals surface area contributed by atoms with Gasteiger partial charge in [-0.3, -0.25) is 9.59 Å². The highest BCUT2D eigenvalue weighted by atomic mass is 32.2. The summed E-state index contributed by atoms with van der Waals surface area (Å²) in [5, 5.41) is 0. The van der Waals surface area contributed by atoms with Crippen LogP contribution in [0.2, 0.25) is 0 Å². The molecule has 0 radical (unpaired) electrons. The molecule has 0 heterocycles. The highest BCUT2D eigenvalue weighted by molar-refractivity contribution is 7.97. The van der Waals surface area contributed by atoms with E-state index >= 15 is 0 Å². The molecule has 5 heteroatoms. The molecule has 0 saturated heterocycles. The Balaban J connectivity index is 1.61. The highest BCUT2D eigenvalue weighted by Gasteiger charge is 2.16. The number of esters is 2. The van der Waals surface area contributed by atoms with E-state index in [2.05, 4.69) is 0 Å². The second-order valence-electron chi connectivity index (χ2n) is 8.00. The molecule has 35 heavy (non-hydrogen) atoms. The SMILES string of the molecule is CC(=O)Oc1c(CSCc2cccc(-c3ccccc3)c2OC(C)=O)cccc1-c1ccccc1. The molecule has 0 saturated carbocycles. The fourth-order valence-electron chi connectivity index (χ4n) is 3.89. The molecule has 0 aliphatic carbocycles. The third-order valence-corrected chi connectivity index (χ3v) is 6.40. The van der Waals surface area contributed by atoms with Crippen LogP contribution < -0.4 is 9.47 Å². The predicted molar refractivity (Wildman–Crippen MR) is 141 cm³/mol. The molecule has 4 aromatic carbocycles. The van der Waals surface area contributed by atoms with Crippen LogP contribution in [0.4, 0.5) is 0 Å². The maximum atomic E-state index is 11.9. The van der Waals surface area contributed by atoms with Crippen molar-refractivity contribution in [3.05, 3.63) is 108 Å². The van der Waals surface area contributed by atoms with Gasteiger partial charge in [-0.2, -0.15) is 11.8 Å². The van der Waals surface area contributed by atoms with Gasteiger partial charge >= 0.3 is 11.9 Å². The van der Waals surface area contributed by atoms with Crippen LogP contribution >= 0.6 is 11.8 Å². The zero-order chi connectivity index (χ0) is 24.6. The molecule has 176 valence electrons. The Kier molecular flexibility index (Phi) is 8.01. The molecule has 4 aromatic rings. The van der Waals surface area contributed by atoms with Crippen molar-refractivity contribution >= 4 is 23.7 Å². The van der Waals surface area contributed by atoms with Crippen LogP contribution in [-0.4, -0.2) is 11.9 Å². The molecule has 0 spiro atoms. The van der Waals surface area contributed by atoms with Crippen molar-refractivity contribution in [3.63, 3.8) is 0 Å². The molecular weight excluding hydrogens is 456 g/mol. The second kappa shape index (κ2) is 11.5. The summed E-state index contributed by atoms with van der Waals surface area (Å²) in [5.74, 6) is 1.70. The number of carbonyl (C=O) groups excluding carboxylic acids is 2. The Hall–Kier alpha value is -3.83. The standard InChI is InChI=1S/C30H26O4S/c1-21(31)33-29-25(15-9-17-27(29)23-11-5-3-6-12-23)19-35-20-26-16-10-18-28(30(26)34-22(2)32)24-13-7-4-8-14-24/h3-18H,19-20H2,1-2H3. The van der Waals surface area contributed by atoms with E-state index in [1.165, 1.54) is 13.8 Å². The molecule has 0 aliphatic rings. The number of hydrogen-bond donors (Lipinski definition) is 0. The van der Waals surface area contributed by atoms with Crippen LogP contribution in [-0.2, 0) is 21.1 Å². The van der Waals surface area contributed by atoms with E-state index in [0.717, 1.165) is 33.4 Å². The fourth-order valence-corrected chi connectivity index (χ4v) is 4.88. The van der Waals surface area contributed by atoms with Crippen molar-refractivity contribution in [3.8, 4) is 33.8 Å². The predicted octanol–water partition coefficient (Wildman–Crippen LogP) is 7.30. The molecule has 0 N–H and O–H groups in total. The molecule has 0 aromatic heterocycles. The van der Waals surface area contributed by atoms with Crippen molar-refractivity contribution in [2.75, 3.05) is 0 Å². The van der Waals surface area contributed by atoms with Gasteiger partial charge in [0, 0.05) is 47.6 Å². The number of hydrogen-bond acceptors (Lipinski definition) is 5. The van der Waals surface area contributed by atoms with E-state index in [1.54, 1.807) is 11.8 Å². The van der Waals surface area contributed by atoms with E-state index in [4.69, 9.17) is 9.47 Å². The largest absolute Gasteiger partial charge is 0.426 e. The second-order valence-corrected chi connectivity index (χ2v) is 8.99. The van der Waals surface area contributed by atoms with Gasteiger partial charge in [0.2, 0.25) is 0 Å². The van der Waals surface area contributed by atoms with Crippen molar-refractivity contribution in [1.82, 2.24) is 0 Å². The van der Waals surface area contributed by atoms with Crippen molar-refractivity contribution in [2.24, 2.45) is 0 Å². The van der Waals surface area contributed by atoms with Gasteiger partial charge in [0.25, 0.3) is 0 Å². The Labute approximate surface area is 209 Å². The third-order valence-electron chi connectivity index (χ3n) is 5.37. The van der Waals surface area contributed by atoms with Crippen LogP contribution in [0.3, 0.4) is 0 Å². The quantitative estimate of drug-likeness (QED) is 0.195. The minimum Gasteiger partial charge on any atom is -0.426 e. The molecule has 0 unspecified atom stereocenters. The van der Waals surface area contributed by atoms with Crippen molar-refractivity contribution < 1.29 is 19.1 Å². The van der Waals surface area contributed by atoms with Crippen LogP contribution in [0.5, 0.6) is 11.5 Å². The van der Waals surface area contributed by atoms with Gasteiger partial charge in [0.1, 0.15) is 11.5 Å². The van der Waals surface area contributed by atoms with Gasteiger partial charge in [-0.25, -0.2) is 0 Å². The van der Waals surface area contributed by atoms with Crippen LogP contribution in [0, 0.1) is 0 Å². The highest BCUT2D eigenvalue weighted by Crippen LogP contribution is 2.38. The smallest absolute Gasteiger partial charge is 0.308 e. The van der Waals surface area contributed by atoms with Gasteiger partial charge in [0.05, 0.1) is 0 Å². The van der Waals surface area contributed by atoms with Gasteiger partial charge in [-0.1, -0.05) is 97.1 Å². The summed E-state index contributed by atoms with van der Waals surface area (Å²) >= 11 is 1.67. The van der Waals surface area contributed by atoms with Crippen LogP contribution in [0.1, 0.15) is 25.0 Å². The summed E-state index contributed by atoms with van der Waals surface area (Å²) in [6.45, 7) is 2.83. The van der Waals surface area contributed by atoms with Gasteiger partial charge in [0.15, 0.2) is 0 Å². The summed E-state index contributed by atoms with van der Waals surface area (Å²) in [5.41, 5.74) is 5.60. The maximum absolute atomic E-state index is 11.9. The molecule has 0 fully saturated rings. The Bertz CT molecular complexity index is 1210. The topological polar surface area (TPSA) is 52.6 Å². The zero-order valence-corrected chi connectivity index (χ0v) is 20.5. The first kappa shape index (κ1) is 24.3. The lowest BCUT2D eigenvalue weighted by Crippen LogP contribution is -2.06. The number of ether oxygens (including phenoxy) is 2.